The number of benzene rings is 1. The molecule has 0 amide bonds. The van der Waals surface area contributed by atoms with Crippen molar-refractivity contribution in [3.63, 3.8) is 0 Å². The van der Waals surface area contributed by atoms with Crippen molar-refractivity contribution in [2.75, 3.05) is 5.73 Å². The van der Waals surface area contributed by atoms with Crippen LogP contribution in [0.1, 0.15) is 0 Å². The quantitative estimate of drug-likeness (QED) is 0.457. The molecular weight excluding hydrogens is 218 g/mol. The molecular formula is C9H6ClN3O2. The van der Waals surface area contributed by atoms with Gasteiger partial charge in [0.2, 0.25) is 5.82 Å². The summed E-state index contributed by atoms with van der Waals surface area (Å²) in [5, 5.41) is 11.9. The zero-order valence-corrected chi connectivity index (χ0v) is 8.23. The molecule has 0 aliphatic rings. The number of pyridine rings is 1. The smallest absolute Gasteiger partial charge is 0.319 e. The molecule has 0 saturated heterocycles. The molecule has 1 heterocycles. The van der Waals surface area contributed by atoms with E-state index >= 15 is 0 Å². The van der Waals surface area contributed by atoms with E-state index in [9.17, 15) is 10.1 Å². The van der Waals surface area contributed by atoms with Crippen LogP contribution in [0.5, 0.6) is 0 Å². The van der Waals surface area contributed by atoms with Crippen LogP contribution >= 0.6 is 11.6 Å². The molecule has 2 rings (SSSR count). The number of nitrogens with two attached hydrogens (primary N) is 1. The summed E-state index contributed by atoms with van der Waals surface area (Å²) >= 11 is 5.83. The number of nitro groups is 1. The van der Waals surface area contributed by atoms with Crippen LogP contribution in [0.4, 0.5) is 11.5 Å². The Hall–Kier alpha value is -1.88. The van der Waals surface area contributed by atoms with Gasteiger partial charge in [-0.2, -0.15) is 0 Å². The minimum atomic E-state index is -0.555. The number of aromatic nitrogens is 1. The highest BCUT2D eigenvalue weighted by Gasteiger charge is 2.19. The Kier molecular flexibility index (Phi) is 2.17. The topological polar surface area (TPSA) is 82.0 Å². The van der Waals surface area contributed by atoms with Crippen LogP contribution in [0, 0.1) is 10.1 Å². The normalized spacial score (nSPS) is 10.5. The first-order chi connectivity index (χ1) is 7.11. The fourth-order valence-corrected chi connectivity index (χ4v) is 1.67. The van der Waals surface area contributed by atoms with Crippen molar-refractivity contribution in [2.45, 2.75) is 0 Å². The van der Waals surface area contributed by atoms with Gasteiger partial charge in [-0.25, -0.2) is 4.98 Å². The first kappa shape index (κ1) is 9.67. The van der Waals surface area contributed by atoms with Crippen LogP contribution in [0.2, 0.25) is 5.15 Å². The highest BCUT2D eigenvalue weighted by atomic mass is 35.5. The molecule has 5 nitrogen and oxygen atoms in total. The molecule has 0 atom stereocenters. The first-order valence-corrected chi connectivity index (χ1v) is 4.47. The summed E-state index contributed by atoms with van der Waals surface area (Å²) < 4.78 is 0. The van der Waals surface area contributed by atoms with Crippen molar-refractivity contribution < 1.29 is 4.92 Å². The third-order valence-corrected chi connectivity index (χ3v) is 2.34. The van der Waals surface area contributed by atoms with Crippen molar-refractivity contribution in [3.05, 3.63) is 39.5 Å². The van der Waals surface area contributed by atoms with Crippen LogP contribution in [-0.2, 0) is 0 Å². The van der Waals surface area contributed by atoms with Crippen molar-refractivity contribution in [1.82, 2.24) is 4.98 Å². The second-order valence-corrected chi connectivity index (χ2v) is 3.30. The third kappa shape index (κ3) is 1.46. The van der Waals surface area contributed by atoms with Gasteiger partial charge in [-0.3, -0.25) is 10.1 Å². The van der Waals surface area contributed by atoms with Crippen molar-refractivity contribution in [2.24, 2.45) is 0 Å². The molecule has 6 heteroatoms. The third-order valence-electron chi connectivity index (χ3n) is 2.05. The zero-order chi connectivity index (χ0) is 11.0. The maximum Gasteiger partial charge on any atom is 0.319 e. The monoisotopic (exact) mass is 223 g/mol. The van der Waals surface area contributed by atoms with Gasteiger partial charge in [-0.1, -0.05) is 29.8 Å². The lowest BCUT2D eigenvalue weighted by molar-refractivity contribution is -0.382. The van der Waals surface area contributed by atoms with E-state index in [0.29, 0.717) is 10.8 Å². The minimum Gasteiger partial charge on any atom is -0.378 e. The molecule has 0 fully saturated rings. The van der Waals surface area contributed by atoms with E-state index in [-0.39, 0.29) is 16.7 Å². The van der Waals surface area contributed by atoms with Gasteiger partial charge in [-0.15, -0.1) is 0 Å². The van der Waals surface area contributed by atoms with E-state index in [1.807, 2.05) is 0 Å². The Labute approximate surface area is 89.6 Å². The molecule has 0 saturated carbocycles. The van der Waals surface area contributed by atoms with E-state index in [0.717, 1.165) is 0 Å². The van der Waals surface area contributed by atoms with Crippen molar-refractivity contribution in [1.29, 1.82) is 0 Å². The molecule has 15 heavy (non-hydrogen) atoms. The lowest BCUT2D eigenvalue weighted by atomic mass is 10.1. The van der Waals surface area contributed by atoms with E-state index in [4.69, 9.17) is 17.3 Å². The number of nitrogens with zero attached hydrogens (tertiary/aromatic N) is 2. The second kappa shape index (κ2) is 3.36. The average Bonchev–Trinajstić information content (AvgIpc) is 2.17. The Balaban J connectivity index is 2.96. The van der Waals surface area contributed by atoms with E-state index < -0.39 is 4.92 Å². The van der Waals surface area contributed by atoms with Crippen molar-refractivity contribution >= 4 is 33.9 Å². The molecule has 2 N–H and O–H groups in total. The summed E-state index contributed by atoms with van der Waals surface area (Å²) in [6, 6.07) is 6.68. The van der Waals surface area contributed by atoms with Crippen LogP contribution in [0.3, 0.4) is 0 Å². The molecule has 76 valence electrons. The average molecular weight is 224 g/mol. The lowest BCUT2D eigenvalue weighted by Gasteiger charge is -2.03. The first-order valence-electron chi connectivity index (χ1n) is 4.09. The van der Waals surface area contributed by atoms with Crippen LogP contribution < -0.4 is 5.73 Å². The molecule has 1 aromatic carbocycles. The van der Waals surface area contributed by atoms with Crippen LogP contribution in [0.15, 0.2) is 24.3 Å². The van der Waals surface area contributed by atoms with Gasteiger partial charge in [0.15, 0.2) is 0 Å². The molecule has 2 aromatic rings. The van der Waals surface area contributed by atoms with Gasteiger partial charge in [0.05, 0.1) is 10.3 Å². The van der Waals surface area contributed by atoms with Gasteiger partial charge in [0, 0.05) is 5.39 Å². The molecule has 0 unspecified atom stereocenters. The van der Waals surface area contributed by atoms with Gasteiger partial charge in [0.1, 0.15) is 5.15 Å². The summed E-state index contributed by atoms with van der Waals surface area (Å²) in [6.45, 7) is 0. The summed E-state index contributed by atoms with van der Waals surface area (Å²) in [7, 11) is 0. The molecule has 0 radical (unpaired) electrons. The number of fused-ring (bicyclic) bond motifs is 1. The van der Waals surface area contributed by atoms with Gasteiger partial charge in [0.25, 0.3) is 0 Å². The Morgan fingerprint density at radius 3 is 2.53 bits per heavy atom. The fraction of sp³-hybridized carbons (Fsp3) is 0. The minimum absolute atomic E-state index is 0.163. The number of halogens is 1. The number of hydrogen-bond acceptors (Lipinski definition) is 4. The van der Waals surface area contributed by atoms with Gasteiger partial charge in [-0.05, 0) is 6.07 Å². The molecule has 0 aliphatic heterocycles. The summed E-state index contributed by atoms with van der Waals surface area (Å²) in [6.07, 6.45) is 0. The predicted molar refractivity (Wildman–Crippen MR) is 57.8 cm³/mol. The number of hydrogen-bond donors (Lipinski definition) is 1. The number of anilines is 1. The summed E-state index contributed by atoms with van der Waals surface area (Å²) in [5.41, 5.74) is 5.25. The van der Waals surface area contributed by atoms with Crippen LogP contribution in [-0.4, -0.2) is 9.91 Å². The lowest BCUT2D eigenvalue weighted by Crippen LogP contribution is -2.00. The number of nitrogen functional groups attached to an aromatic ring is 1. The SMILES string of the molecule is Nc1nc(Cl)c2ccccc2c1[N+](=O)[O-]. The van der Waals surface area contributed by atoms with Crippen molar-refractivity contribution in [3.8, 4) is 0 Å². The second-order valence-electron chi connectivity index (χ2n) is 2.94. The molecule has 0 bridgehead atoms. The molecule has 1 aromatic heterocycles. The highest BCUT2D eigenvalue weighted by molar-refractivity contribution is 6.34. The molecule has 0 aliphatic carbocycles. The fourth-order valence-electron chi connectivity index (χ4n) is 1.42. The van der Waals surface area contributed by atoms with E-state index in [2.05, 4.69) is 4.98 Å². The van der Waals surface area contributed by atoms with E-state index in [1.165, 1.54) is 0 Å². The number of rotatable bonds is 1. The highest BCUT2D eigenvalue weighted by Crippen LogP contribution is 2.33. The Morgan fingerprint density at radius 2 is 1.93 bits per heavy atom. The van der Waals surface area contributed by atoms with E-state index in [1.54, 1.807) is 24.3 Å². The Bertz CT molecular complexity index is 556. The maximum absolute atomic E-state index is 10.8. The summed E-state index contributed by atoms with van der Waals surface area (Å²) in [5.74, 6) is -0.163. The standard InChI is InChI=1S/C9H6ClN3O2/c10-8-6-4-2-1-3-5(6)7(13(14)15)9(11)12-8/h1-4H,(H2,11,12). The maximum atomic E-state index is 10.8. The molecule has 0 spiro atoms. The van der Waals surface area contributed by atoms with Crippen LogP contribution in [0.25, 0.3) is 10.8 Å². The largest absolute Gasteiger partial charge is 0.378 e. The van der Waals surface area contributed by atoms with Gasteiger partial charge < -0.3 is 5.73 Å². The predicted octanol–water partition coefficient (Wildman–Crippen LogP) is 2.38. The van der Waals surface area contributed by atoms with Gasteiger partial charge >= 0.3 is 5.69 Å². The summed E-state index contributed by atoms with van der Waals surface area (Å²) in [4.78, 5) is 14.0. The Morgan fingerprint density at radius 1 is 1.33 bits per heavy atom. The zero-order valence-electron chi connectivity index (χ0n) is 7.48.